The molecule has 0 bridgehead atoms. The van der Waals surface area contributed by atoms with Gasteiger partial charge in [-0.05, 0) is 50.1 Å². The first kappa shape index (κ1) is 14.9. The third-order valence-corrected chi connectivity index (χ3v) is 4.78. The van der Waals surface area contributed by atoms with Gasteiger partial charge >= 0.3 is 0 Å². The Morgan fingerprint density at radius 2 is 1.68 bits per heavy atom. The topological polar surface area (TPSA) is 38.0 Å². The summed E-state index contributed by atoms with van der Waals surface area (Å²) in [6, 6.07) is 6.26. The van der Waals surface area contributed by atoms with Gasteiger partial charge in [-0.15, -0.1) is 0 Å². The number of benzene rings is 2. The monoisotopic (exact) mass is 426 g/mol. The van der Waals surface area contributed by atoms with E-state index in [4.69, 9.17) is 28.9 Å². The molecule has 2 aromatic carbocycles. The molecule has 0 unspecified atom stereocenters. The van der Waals surface area contributed by atoms with E-state index in [1.807, 2.05) is 0 Å². The van der Waals surface area contributed by atoms with Crippen molar-refractivity contribution in [1.29, 1.82) is 0 Å². The van der Waals surface area contributed by atoms with Crippen molar-refractivity contribution in [2.75, 3.05) is 11.1 Å². The molecule has 100 valence electrons. The van der Waals surface area contributed by atoms with E-state index in [-0.39, 0.29) is 5.69 Å². The van der Waals surface area contributed by atoms with E-state index in [9.17, 15) is 4.39 Å². The highest BCUT2D eigenvalue weighted by Crippen LogP contribution is 2.38. The predicted molar refractivity (Wildman–Crippen MR) is 86.0 cm³/mol. The lowest BCUT2D eigenvalue weighted by molar-refractivity contribution is 0.622. The molecule has 0 aromatic heterocycles. The number of anilines is 3. The molecule has 0 saturated heterocycles. The van der Waals surface area contributed by atoms with Crippen LogP contribution < -0.4 is 11.1 Å². The SMILES string of the molecule is Nc1cc(F)c(Br)cc1Nc1ccc(Br)c(Cl)c1Cl. The lowest BCUT2D eigenvalue weighted by atomic mass is 10.2. The number of rotatable bonds is 2. The quantitative estimate of drug-likeness (QED) is 0.456. The van der Waals surface area contributed by atoms with Crippen molar-refractivity contribution >= 4 is 72.1 Å². The second-order valence-electron chi connectivity index (χ2n) is 3.70. The smallest absolute Gasteiger partial charge is 0.139 e. The van der Waals surface area contributed by atoms with Crippen LogP contribution >= 0.6 is 55.1 Å². The van der Waals surface area contributed by atoms with Crippen LogP contribution in [-0.2, 0) is 0 Å². The molecule has 19 heavy (non-hydrogen) atoms. The third-order valence-electron chi connectivity index (χ3n) is 2.40. The number of nitrogens with one attached hydrogen (secondary N) is 1. The maximum Gasteiger partial charge on any atom is 0.139 e. The van der Waals surface area contributed by atoms with Crippen molar-refractivity contribution in [3.8, 4) is 0 Å². The zero-order chi connectivity index (χ0) is 14.2. The number of hydrogen-bond donors (Lipinski definition) is 2. The van der Waals surface area contributed by atoms with Gasteiger partial charge < -0.3 is 11.1 Å². The Hall–Kier alpha value is -0.490. The molecule has 2 rings (SSSR count). The van der Waals surface area contributed by atoms with Gasteiger partial charge in [0.1, 0.15) is 5.82 Å². The van der Waals surface area contributed by atoms with E-state index in [1.54, 1.807) is 12.1 Å². The van der Waals surface area contributed by atoms with Crippen LogP contribution in [0.2, 0.25) is 10.0 Å². The van der Waals surface area contributed by atoms with E-state index < -0.39 is 5.82 Å². The third kappa shape index (κ3) is 3.16. The molecule has 0 heterocycles. The summed E-state index contributed by atoms with van der Waals surface area (Å²) >= 11 is 18.5. The fourth-order valence-electron chi connectivity index (χ4n) is 1.44. The molecule has 0 aliphatic carbocycles. The number of nitrogen functional groups attached to an aromatic ring is 1. The second kappa shape index (κ2) is 5.87. The summed E-state index contributed by atoms with van der Waals surface area (Å²) in [5.74, 6) is -0.428. The molecule has 0 fully saturated rings. The van der Waals surface area contributed by atoms with Gasteiger partial charge in [-0.3, -0.25) is 0 Å². The van der Waals surface area contributed by atoms with Crippen molar-refractivity contribution in [1.82, 2.24) is 0 Å². The number of halogens is 5. The largest absolute Gasteiger partial charge is 0.397 e. The summed E-state index contributed by atoms with van der Waals surface area (Å²) in [5.41, 5.74) is 7.14. The van der Waals surface area contributed by atoms with Crippen molar-refractivity contribution < 1.29 is 4.39 Å². The molecule has 0 aliphatic heterocycles. The fourth-order valence-corrected chi connectivity index (χ4v) is 2.60. The lowest BCUT2D eigenvalue weighted by Crippen LogP contribution is -1.98. The second-order valence-corrected chi connectivity index (χ2v) is 6.17. The van der Waals surface area contributed by atoms with Crippen LogP contribution in [0.1, 0.15) is 0 Å². The Labute approximate surface area is 136 Å². The number of hydrogen-bond acceptors (Lipinski definition) is 2. The molecule has 0 aliphatic rings. The first-order chi connectivity index (χ1) is 8.90. The zero-order valence-electron chi connectivity index (χ0n) is 9.28. The molecule has 0 spiro atoms. The van der Waals surface area contributed by atoms with Crippen molar-refractivity contribution in [2.24, 2.45) is 0 Å². The average molecular weight is 429 g/mol. The average Bonchev–Trinajstić information content (AvgIpc) is 2.36. The summed E-state index contributed by atoms with van der Waals surface area (Å²) in [5, 5.41) is 3.77. The van der Waals surface area contributed by atoms with Crippen LogP contribution in [0, 0.1) is 5.82 Å². The van der Waals surface area contributed by atoms with Gasteiger partial charge in [-0.2, -0.15) is 0 Å². The molecule has 2 nitrogen and oxygen atoms in total. The van der Waals surface area contributed by atoms with Crippen molar-refractivity contribution in [3.63, 3.8) is 0 Å². The Bertz CT molecular complexity index is 650. The minimum Gasteiger partial charge on any atom is -0.397 e. The summed E-state index contributed by atoms with van der Waals surface area (Å²) in [7, 11) is 0. The van der Waals surface area contributed by atoms with Crippen LogP contribution in [0.4, 0.5) is 21.5 Å². The molecule has 2 aromatic rings. The lowest BCUT2D eigenvalue weighted by Gasteiger charge is -2.13. The highest BCUT2D eigenvalue weighted by molar-refractivity contribution is 9.10. The molecule has 0 saturated carbocycles. The van der Waals surface area contributed by atoms with E-state index in [1.165, 1.54) is 12.1 Å². The van der Waals surface area contributed by atoms with E-state index in [0.717, 1.165) is 0 Å². The van der Waals surface area contributed by atoms with E-state index in [2.05, 4.69) is 37.2 Å². The van der Waals surface area contributed by atoms with Crippen molar-refractivity contribution in [2.45, 2.75) is 0 Å². The minimum absolute atomic E-state index is 0.274. The Balaban J connectivity index is 2.42. The standard InChI is InChI=1S/C12H7Br2Cl2FN2/c13-5-1-2-9(12(16)11(5)15)19-10-3-6(14)7(17)4-8(10)18/h1-4,19H,18H2. The summed E-state index contributed by atoms with van der Waals surface area (Å²) in [6.45, 7) is 0. The maximum absolute atomic E-state index is 13.3. The van der Waals surface area contributed by atoms with Gasteiger partial charge in [-0.1, -0.05) is 23.2 Å². The zero-order valence-corrected chi connectivity index (χ0v) is 14.0. The predicted octanol–water partition coefficient (Wildman–Crippen LogP) is 5.98. The van der Waals surface area contributed by atoms with E-state index >= 15 is 0 Å². The molecule has 7 heteroatoms. The van der Waals surface area contributed by atoms with Gasteiger partial charge in [0.05, 0.1) is 31.6 Å². The minimum atomic E-state index is -0.428. The highest BCUT2D eigenvalue weighted by atomic mass is 79.9. The Morgan fingerprint density at radius 1 is 1.00 bits per heavy atom. The Kier molecular flexibility index (Phi) is 4.61. The van der Waals surface area contributed by atoms with Gasteiger partial charge in [0.15, 0.2) is 0 Å². The summed E-state index contributed by atoms with van der Waals surface area (Å²) in [6.07, 6.45) is 0. The van der Waals surface area contributed by atoms with Gasteiger partial charge in [0, 0.05) is 10.5 Å². The highest BCUT2D eigenvalue weighted by Gasteiger charge is 2.11. The van der Waals surface area contributed by atoms with Crippen LogP contribution in [0.25, 0.3) is 0 Å². The molecule has 3 N–H and O–H groups in total. The van der Waals surface area contributed by atoms with Gasteiger partial charge in [0.25, 0.3) is 0 Å². The molecular weight excluding hydrogens is 422 g/mol. The van der Waals surface area contributed by atoms with Gasteiger partial charge in [-0.25, -0.2) is 4.39 Å². The molecule has 0 amide bonds. The van der Waals surface area contributed by atoms with Crippen LogP contribution in [-0.4, -0.2) is 0 Å². The van der Waals surface area contributed by atoms with Crippen LogP contribution in [0.15, 0.2) is 33.2 Å². The maximum atomic E-state index is 13.3. The van der Waals surface area contributed by atoms with Crippen LogP contribution in [0.5, 0.6) is 0 Å². The first-order valence-electron chi connectivity index (χ1n) is 5.05. The van der Waals surface area contributed by atoms with Gasteiger partial charge in [0.2, 0.25) is 0 Å². The Morgan fingerprint density at radius 3 is 2.37 bits per heavy atom. The van der Waals surface area contributed by atoms with Crippen molar-refractivity contribution in [3.05, 3.63) is 49.1 Å². The van der Waals surface area contributed by atoms with E-state index in [0.29, 0.717) is 30.4 Å². The summed E-state index contributed by atoms with van der Waals surface area (Å²) < 4.78 is 14.3. The normalized spacial score (nSPS) is 10.6. The van der Waals surface area contributed by atoms with Crippen LogP contribution in [0.3, 0.4) is 0 Å². The molecular formula is C12H7Br2Cl2FN2. The fraction of sp³-hybridized carbons (Fsp3) is 0. The first-order valence-corrected chi connectivity index (χ1v) is 7.39. The number of nitrogens with two attached hydrogens (primary N) is 1. The summed E-state index contributed by atoms with van der Waals surface area (Å²) in [4.78, 5) is 0. The molecule has 0 atom stereocenters. The molecule has 0 radical (unpaired) electrons.